The predicted molar refractivity (Wildman–Crippen MR) is 129 cm³/mol. The van der Waals surface area contributed by atoms with E-state index in [0.717, 1.165) is 0 Å². The van der Waals surface area contributed by atoms with E-state index in [-0.39, 0.29) is 55.0 Å². The molecule has 0 radical (unpaired) electrons. The summed E-state index contributed by atoms with van der Waals surface area (Å²) in [7, 11) is -4.52. The molecule has 3 heterocycles. The van der Waals surface area contributed by atoms with Gasteiger partial charge in [0.15, 0.2) is 28.6 Å². The van der Waals surface area contributed by atoms with Crippen molar-refractivity contribution in [2.75, 3.05) is 5.73 Å². The molecule has 2 aromatic heterocycles. The molecule has 5 atom stereocenters. The number of aliphatic hydroxyl groups excluding tert-OH is 2. The quantitative estimate of drug-likeness (QED) is 0.123. The Hall–Kier alpha value is -2.35. The first-order valence-corrected chi connectivity index (χ1v) is 13.3. The Balaban J connectivity index is 1.97. The van der Waals surface area contributed by atoms with Crippen molar-refractivity contribution in [1.82, 2.24) is 19.5 Å². The van der Waals surface area contributed by atoms with Gasteiger partial charge in [-0.05, 0) is 36.3 Å². The highest BCUT2D eigenvalue weighted by Gasteiger charge is 2.53. The van der Waals surface area contributed by atoms with Gasteiger partial charge < -0.3 is 30.7 Å². The molecule has 0 aliphatic carbocycles. The van der Waals surface area contributed by atoms with Gasteiger partial charge in [-0.25, -0.2) is 15.0 Å². The van der Waals surface area contributed by atoms with Gasteiger partial charge in [-0.3, -0.25) is 13.7 Å². The zero-order valence-electron chi connectivity index (χ0n) is 20.6. The second-order valence-electron chi connectivity index (χ2n) is 8.84. The maximum absolute atomic E-state index is 13.1. The first-order chi connectivity index (χ1) is 16.9. The minimum absolute atomic E-state index is 0.00497. The number of aromatic nitrogens is 4. The lowest BCUT2D eigenvalue weighted by atomic mass is 9.88. The summed E-state index contributed by atoms with van der Waals surface area (Å²) >= 11 is 0. The molecule has 6 N–H and O–H groups in total. The van der Waals surface area contributed by atoms with Gasteiger partial charge in [0.25, 0.3) is 0 Å². The van der Waals surface area contributed by atoms with Crippen LogP contribution in [0.4, 0.5) is 11.8 Å². The third kappa shape index (κ3) is 4.81. The number of nitrogens with zero attached hydrogens (tertiary/aromatic N) is 7. The highest BCUT2D eigenvalue weighted by atomic mass is 31.2. The molecular weight excluding hydrogens is 495 g/mol. The van der Waals surface area contributed by atoms with E-state index in [1.54, 1.807) is 27.7 Å². The van der Waals surface area contributed by atoms with Gasteiger partial charge in [0.05, 0.1) is 11.7 Å². The second-order valence-corrected chi connectivity index (χ2v) is 10.9. The van der Waals surface area contributed by atoms with E-state index in [0.29, 0.717) is 0 Å². The number of hydrogen-bond acceptors (Lipinski definition) is 11. The normalized spacial score (nSPS) is 24.6. The fraction of sp³-hybridized carbons (Fsp3) is 0.750. The third-order valence-electron chi connectivity index (χ3n) is 7.05. The van der Waals surface area contributed by atoms with Crippen LogP contribution in [-0.2, 0) is 13.8 Å². The second kappa shape index (κ2) is 10.6. The van der Waals surface area contributed by atoms with Gasteiger partial charge in [-0.2, -0.15) is 0 Å². The molecule has 200 valence electrons. The minimum atomic E-state index is -4.52. The Morgan fingerprint density at radius 2 is 1.86 bits per heavy atom. The number of hydrogen-bond donors (Lipinski definition) is 5. The number of rotatable bonds is 11. The van der Waals surface area contributed by atoms with Crippen LogP contribution in [0.15, 0.2) is 11.4 Å². The zero-order valence-corrected chi connectivity index (χ0v) is 21.5. The standard InChI is InChI=1S/C20H33N8O7P/c1-5-19(6-2,35-36(32,33)20(31,7-3)8-4)9-11-13(29)14(30)17(34-11)28-16-12(15(21)23-10-24-16)25-18(28)26-27-22/h10-11,13-14,17,29-31H,5-9H2,1-4H3,(H,32,33)(H2,21,23,24)/t11?,13-,14-,17-/m1/s1. The van der Waals surface area contributed by atoms with Gasteiger partial charge in [-0.1, -0.05) is 27.7 Å². The van der Waals surface area contributed by atoms with Crippen LogP contribution in [0.5, 0.6) is 0 Å². The summed E-state index contributed by atoms with van der Waals surface area (Å²) in [5, 5.41) is 34.1. The van der Waals surface area contributed by atoms with Crippen LogP contribution in [0, 0.1) is 0 Å². The van der Waals surface area contributed by atoms with E-state index in [9.17, 15) is 24.8 Å². The van der Waals surface area contributed by atoms with Crippen LogP contribution in [0.1, 0.15) is 66.0 Å². The number of fused-ring (bicyclic) bond motifs is 1. The number of nitrogens with two attached hydrogens (primary N) is 1. The van der Waals surface area contributed by atoms with Crippen molar-refractivity contribution in [2.45, 2.75) is 95.3 Å². The largest absolute Gasteiger partial charge is 0.388 e. The lowest BCUT2D eigenvalue weighted by Gasteiger charge is -2.40. The Morgan fingerprint density at radius 1 is 1.22 bits per heavy atom. The molecule has 1 aliphatic heterocycles. The fourth-order valence-corrected chi connectivity index (χ4v) is 6.27. The van der Waals surface area contributed by atoms with E-state index in [2.05, 4.69) is 25.0 Å². The zero-order chi connectivity index (χ0) is 26.9. The SMILES string of the molecule is CCC(CC)(CC1O[C@@H](n2c(N=[N+]=[N-])nc3c(N)ncnc32)[C@H](O)[C@@H]1O)OP(=O)(O)C(O)(CC)CC. The predicted octanol–water partition coefficient (Wildman–Crippen LogP) is 2.63. The maximum Gasteiger partial charge on any atom is 0.359 e. The molecule has 0 saturated carbocycles. The van der Waals surface area contributed by atoms with Crippen LogP contribution in [0.25, 0.3) is 21.6 Å². The smallest absolute Gasteiger partial charge is 0.359 e. The Kier molecular flexibility index (Phi) is 8.28. The number of aliphatic hydroxyl groups is 3. The molecule has 3 rings (SSSR count). The highest BCUT2D eigenvalue weighted by molar-refractivity contribution is 7.54. The van der Waals surface area contributed by atoms with Crippen molar-refractivity contribution in [1.29, 1.82) is 0 Å². The first-order valence-electron chi connectivity index (χ1n) is 11.7. The van der Waals surface area contributed by atoms with Crippen molar-refractivity contribution in [3.05, 3.63) is 16.8 Å². The van der Waals surface area contributed by atoms with E-state index < -0.39 is 43.1 Å². The fourth-order valence-electron chi connectivity index (χ4n) is 4.44. The number of azide groups is 1. The average molecular weight is 529 g/mol. The van der Waals surface area contributed by atoms with Gasteiger partial charge in [-0.15, -0.1) is 0 Å². The van der Waals surface area contributed by atoms with Gasteiger partial charge in [0.2, 0.25) is 5.95 Å². The lowest BCUT2D eigenvalue weighted by molar-refractivity contribution is -0.0756. The molecule has 2 aromatic rings. The summed E-state index contributed by atoms with van der Waals surface area (Å²) in [6.07, 6.45) is -3.68. The molecule has 0 amide bonds. The van der Waals surface area contributed by atoms with Crippen molar-refractivity contribution >= 4 is 30.5 Å². The molecule has 0 bridgehead atoms. The van der Waals surface area contributed by atoms with Crippen molar-refractivity contribution in [3.8, 4) is 0 Å². The monoisotopic (exact) mass is 528 g/mol. The van der Waals surface area contributed by atoms with E-state index in [4.69, 9.17) is 20.5 Å². The average Bonchev–Trinajstić information content (AvgIpc) is 3.35. The first kappa shape index (κ1) is 28.2. The summed E-state index contributed by atoms with van der Waals surface area (Å²) in [6.45, 7) is 6.68. The molecule has 1 fully saturated rings. The number of anilines is 1. The summed E-state index contributed by atoms with van der Waals surface area (Å²) < 4.78 is 26.1. The molecule has 36 heavy (non-hydrogen) atoms. The van der Waals surface area contributed by atoms with Gasteiger partial charge in [0, 0.05) is 11.3 Å². The number of imidazole rings is 1. The molecule has 1 aliphatic rings. The van der Waals surface area contributed by atoms with E-state index in [1.165, 1.54) is 10.9 Å². The Bertz CT molecular complexity index is 1180. The molecule has 2 unspecified atom stereocenters. The molecule has 1 saturated heterocycles. The van der Waals surface area contributed by atoms with Crippen LogP contribution >= 0.6 is 7.60 Å². The van der Waals surface area contributed by atoms with Crippen molar-refractivity contribution in [3.63, 3.8) is 0 Å². The van der Waals surface area contributed by atoms with Crippen LogP contribution < -0.4 is 5.73 Å². The summed E-state index contributed by atoms with van der Waals surface area (Å²) in [5.41, 5.74) is 13.8. The third-order valence-corrected chi connectivity index (χ3v) is 9.37. The molecular formula is C20H33N8O7P. The highest BCUT2D eigenvalue weighted by Crippen LogP contribution is 2.61. The molecule has 16 heteroatoms. The van der Waals surface area contributed by atoms with Crippen LogP contribution in [0.2, 0.25) is 0 Å². The number of ether oxygens (including phenoxy) is 1. The number of nitrogen functional groups attached to an aromatic ring is 1. The van der Waals surface area contributed by atoms with E-state index in [1.807, 2.05) is 0 Å². The van der Waals surface area contributed by atoms with E-state index >= 15 is 0 Å². The van der Waals surface area contributed by atoms with Crippen molar-refractivity contribution in [2.24, 2.45) is 5.11 Å². The summed E-state index contributed by atoms with van der Waals surface area (Å²) in [4.78, 5) is 25.5. The van der Waals surface area contributed by atoms with Crippen molar-refractivity contribution < 1.29 is 34.0 Å². The molecule has 0 spiro atoms. The van der Waals surface area contributed by atoms with Gasteiger partial charge in [0.1, 0.15) is 18.5 Å². The lowest BCUT2D eigenvalue weighted by Crippen LogP contribution is -2.42. The van der Waals surface area contributed by atoms with Crippen LogP contribution in [-0.4, -0.2) is 69.0 Å². The molecule has 0 aromatic carbocycles. The topological polar surface area (TPSA) is 235 Å². The van der Waals surface area contributed by atoms with Gasteiger partial charge >= 0.3 is 7.60 Å². The Labute approximate surface area is 207 Å². The minimum Gasteiger partial charge on any atom is -0.388 e. The van der Waals surface area contributed by atoms with Crippen LogP contribution in [0.3, 0.4) is 0 Å². The maximum atomic E-state index is 13.1. The Morgan fingerprint density at radius 3 is 2.42 bits per heavy atom. The summed E-state index contributed by atoms with van der Waals surface area (Å²) in [6, 6.07) is 0. The molecule has 15 nitrogen and oxygen atoms in total. The summed E-state index contributed by atoms with van der Waals surface area (Å²) in [5.74, 6) is -0.193.